The first-order valence-corrected chi connectivity index (χ1v) is 10.9. The second-order valence-corrected chi connectivity index (χ2v) is 12.0. The number of allylic oxidation sites excluding steroid dienone is 2. The average Bonchev–Trinajstić information content (AvgIpc) is 2.76. The molecule has 1 N–H and O–H groups in total. The van der Waals surface area contributed by atoms with Gasteiger partial charge in [-0.2, -0.15) is 0 Å². The number of carbonyl (C=O) groups excluding carboxylic acids is 1. The van der Waals surface area contributed by atoms with Crippen molar-refractivity contribution in [2.45, 2.75) is 63.2 Å². The van der Waals surface area contributed by atoms with Crippen LogP contribution in [0.25, 0.3) is 0 Å². The smallest absolute Gasteiger partial charge is 0.157 e. The molecule has 0 aromatic rings. The highest BCUT2D eigenvalue weighted by Gasteiger charge is 2.57. The Labute approximate surface area is 129 Å². The Morgan fingerprint density at radius 3 is 2.86 bits per heavy atom. The molecule has 21 heavy (non-hydrogen) atoms. The molecule has 0 aromatic carbocycles. The van der Waals surface area contributed by atoms with E-state index in [0.29, 0.717) is 5.78 Å². The monoisotopic (exact) mass is 308 g/mol. The lowest BCUT2D eigenvalue weighted by molar-refractivity contribution is -0.114. The number of aliphatic hydroxyl groups excluding tert-OH is 1. The molecule has 6 unspecified atom stereocenters. The summed E-state index contributed by atoms with van der Waals surface area (Å²) in [5.41, 5.74) is 0.183. The third-order valence-electron chi connectivity index (χ3n) is 7.41. The number of hydrogen-bond acceptors (Lipinski definition) is 2. The van der Waals surface area contributed by atoms with E-state index in [-0.39, 0.29) is 11.5 Å². The lowest BCUT2D eigenvalue weighted by atomic mass is 9.62. The number of hydrogen-bond donors (Lipinski definition) is 1. The molecule has 2 nitrogen and oxygen atoms in total. The molecule has 3 heteroatoms. The van der Waals surface area contributed by atoms with Gasteiger partial charge in [-0.15, -0.1) is 0 Å². The third-order valence-corrected chi connectivity index (χ3v) is 11.9. The van der Waals surface area contributed by atoms with E-state index >= 15 is 0 Å². The topological polar surface area (TPSA) is 37.3 Å². The highest BCUT2D eigenvalue weighted by molar-refractivity contribution is 8.36. The van der Waals surface area contributed by atoms with Crippen LogP contribution in [0, 0.1) is 17.3 Å². The molecule has 0 amide bonds. The van der Waals surface area contributed by atoms with Gasteiger partial charge in [0, 0.05) is 6.42 Å². The predicted octanol–water partition coefficient (Wildman–Crippen LogP) is 3.63. The zero-order valence-electron chi connectivity index (χ0n) is 13.3. The van der Waals surface area contributed by atoms with E-state index in [1.165, 1.54) is 30.6 Å². The van der Waals surface area contributed by atoms with Crippen molar-refractivity contribution in [2.75, 3.05) is 12.0 Å². The molecule has 118 valence electrons. The molecule has 2 aliphatic heterocycles. The molecule has 0 bridgehead atoms. The Morgan fingerprint density at radius 2 is 2.05 bits per heavy atom. The van der Waals surface area contributed by atoms with Crippen molar-refractivity contribution in [3.8, 4) is 0 Å². The van der Waals surface area contributed by atoms with Crippen LogP contribution in [0.5, 0.6) is 0 Å². The minimum atomic E-state index is -0.740. The van der Waals surface area contributed by atoms with Crippen molar-refractivity contribution in [3.05, 3.63) is 11.0 Å². The van der Waals surface area contributed by atoms with E-state index in [2.05, 4.69) is 13.2 Å². The largest absolute Gasteiger partial charge is 0.393 e. The van der Waals surface area contributed by atoms with Gasteiger partial charge in [0.05, 0.1) is 6.10 Å². The maximum Gasteiger partial charge on any atom is 0.157 e. The number of rotatable bonds is 0. The molecule has 2 aliphatic carbocycles. The van der Waals surface area contributed by atoms with Crippen molar-refractivity contribution in [1.82, 2.24) is 0 Å². The summed E-state index contributed by atoms with van der Waals surface area (Å²) < 4.78 is 0. The van der Waals surface area contributed by atoms with Crippen LogP contribution in [0.15, 0.2) is 11.0 Å². The summed E-state index contributed by atoms with van der Waals surface area (Å²) in [5.74, 6) is 3.05. The summed E-state index contributed by atoms with van der Waals surface area (Å²) in [6.07, 6.45) is 12.4. The minimum Gasteiger partial charge on any atom is -0.393 e. The van der Waals surface area contributed by atoms with Gasteiger partial charge in [-0.3, -0.25) is 4.79 Å². The Bertz CT molecular complexity index is 513. The van der Waals surface area contributed by atoms with Crippen LogP contribution in [0.1, 0.15) is 51.9 Å². The molecule has 1 saturated heterocycles. The van der Waals surface area contributed by atoms with Crippen molar-refractivity contribution in [3.63, 3.8) is 0 Å². The minimum absolute atomic E-state index is 0.0730. The van der Waals surface area contributed by atoms with Gasteiger partial charge in [-0.05, 0) is 84.0 Å². The van der Waals surface area contributed by atoms with Crippen LogP contribution in [-0.4, -0.2) is 34.3 Å². The first-order chi connectivity index (χ1) is 9.95. The molecule has 2 saturated carbocycles. The number of aliphatic hydroxyl groups is 1. The molecule has 6 atom stereocenters. The van der Waals surface area contributed by atoms with Gasteiger partial charge >= 0.3 is 0 Å². The third kappa shape index (κ3) is 1.86. The van der Waals surface area contributed by atoms with Gasteiger partial charge in [-0.1, -0.05) is 6.92 Å². The standard InChI is InChI=1S/C18H28O2S/c1-18-9-7-16-14(15(18)5-6-17(18)20)4-3-13-11-12(19)8-10-21(13,16)2/h11,14-17,20H,3-10H2,1-2H3. The lowest BCUT2D eigenvalue weighted by Crippen LogP contribution is -2.49. The Kier molecular flexibility index (Phi) is 3.14. The fourth-order valence-electron chi connectivity index (χ4n) is 6.05. The molecule has 0 spiro atoms. The molecule has 3 fully saturated rings. The van der Waals surface area contributed by atoms with Gasteiger partial charge in [0.1, 0.15) is 0 Å². The summed E-state index contributed by atoms with van der Waals surface area (Å²) in [6.45, 7) is 2.35. The van der Waals surface area contributed by atoms with E-state index in [0.717, 1.165) is 42.1 Å². The quantitative estimate of drug-likeness (QED) is 0.742. The Balaban J connectivity index is 1.69. The normalized spacial score (nSPS) is 55.8. The van der Waals surface area contributed by atoms with Gasteiger partial charge in [0.2, 0.25) is 0 Å². The van der Waals surface area contributed by atoms with Crippen molar-refractivity contribution < 1.29 is 9.90 Å². The highest BCUT2D eigenvalue weighted by atomic mass is 32.3. The zero-order chi connectivity index (χ0) is 14.8. The first-order valence-electron chi connectivity index (χ1n) is 8.61. The van der Waals surface area contributed by atoms with Crippen LogP contribution in [0.3, 0.4) is 0 Å². The molecular weight excluding hydrogens is 280 g/mol. The van der Waals surface area contributed by atoms with E-state index in [1.807, 2.05) is 6.08 Å². The maximum atomic E-state index is 11.8. The summed E-state index contributed by atoms with van der Waals surface area (Å²) in [7, 11) is -0.740. The van der Waals surface area contributed by atoms with E-state index < -0.39 is 10.0 Å². The van der Waals surface area contributed by atoms with Gasteiger partial charge in [0.25, 0.3) is 0 Å². The van der Waals surface area contributed by atoms with Crippen molar-refractivity contribution in [1.29, 1.82) is 0 Å². The average molecular weight is 308 g/mol. The number of ketones is 1. The summed E-state index contributed by atoms with van der Waals surface area (Å²) in [4.78, 5) is 13.3. The number of fused-ring (bicyclic) bond motifs is 5. The molecule has 0 aromatic heterocycles. The Morgan fingerprint density at radius 1 is 1.24 bits per heavy atom. The number of carbonyl (C=O) groups is 1. The van der Waals surface area contributed by atoms with Crippen LogP contribution >= 0.6 is 10.0 Å². The van der Waals surface area contributed by atoms with Crippen LogP contribution in [0.4, 0.5) is 0 Å². The fraction of sp³-hybridized carbons (Fsp3) is 0.833. The summed E-state index contributed by atoms with van der Waals surface area (Å²) in [5, 5.41) is 11.3. The molecule has 4 aliphatic rings. The van der Waals surface area contributed by atoms with Crippen LogP contribution in [0.2, 0.25) is 0 Å². The SMILES string of the molecule is CC12CCC3C(CCC4=CC(=O)CCS43C)C1CCC2O. The fourth-order valence-corrected chi connectivity index (χ4v) is 10.3. The molecule has 4 rings (SSSR count). The van der Waals surface area contributed by atoms with Crippen LogP contribution in [-0.2, 0) is 4.79 Å². The van der Waals surface area contributed by atoms with Gasteiger partial charge in [-0.25, -0.2) is 10.0 Å². The van der Waals surface area contributed by atoms with E-state index in [1.54, 1.807) is 0 Å². The second kappa shape index (κ2) is 4.61. The second-order valence-electron chi connectivity index (χ2n) is 8.17. The Hall–Kier alpha value is -0.280. The lowest BCUT2D eigenvalue weighted by Gasteiger charge is -2.60. The molecule has 0 radical (unpaired) electrons. The maximum absolute atomic E-state index is 11.8. The first kappa shape index (κ1) is 14.3. The summed E-state index contributed by atoms with van der Waals surface area (Å²) >= 11 is 0. The van der Waals surface area contributed by atoms with Crippen molar-refractivity contribution >= 4 is 15.8 Å². The van der Waals surface area contributed by atoms with E-state index in [9.17, 15) is 9.90 Å². The van der Waals surface area contributed by atoms with Crippen LogP contribution < -0.4 is 0 Å². The van der Waals surface area contributed by atoms with Gasteiger partial charge in [0.15, 0.2) is 5.78 Å². The highest BCUT2D eigenvalue weighted by Crippen LogP contribution is 2.71. The summed E-state index contributed by atoms with van der Waals surface area (Å²) in [6, 6.07) is 0. The predicted molar refractivity (Wildman–Crippen MR) is 88.7 cm³/mol. The zero-order valence-corrected chi connectivity index (χ0v) is 14.1. The van der Waals surface area contributed by atoms with Gasteiger partial charge < -0.3 is 5.11 Å². The van der Waals surface area contributed by atoms with E-state index in [4.69, 9.17) is 0 Å². The van der Waals surface area contributed by atoms with Crippen molar-refractivity contribution in [2.24, 2.45) is 17.3 Å². The molecular formula is C18H28O2S. The molecule has 2 heterocycles.